The normalized spacial score (nSPS) is 14.6. The van der Waals surface area contributed by atoms with Gasteiger partial charge in [-0.25, -0.2) is 4.39 Å². The van der Waals surface area contributed by atoms with Crippen LogP contribution in [0.25, 0.3) is 0 Å². The number of nitrogens with one attached hydrogen (secondary N) is 1. The van der Waals surface area contributed by atoms with E-state index in [4.69, 9.17) is 0 Å². The molecule has 1 nitrogen and oxygen atoms in total. The first-order valence-corrected chi connectivity index (χ1v) is 6.67. The lowest BCUT2D eigenvalue weighted by Crippen LogP contribution is -2.34. The number of rotatable bonds is 7. The van der Waals surface area contributed by atoms with Gasteiger partial charge in [0.1, 0.15) is 5.82 Å². The summed E-state index contributed by atoms with van der Waals surface area (Å²) >= 11 is 0. The zero-order chi connectivity index (χ0) is 12.7. The second kappa shape index (κ2) is 7.44. The van der Waals surface area contributed by atoms with Crippen molar-refractivity contribution in [3.8, 4) is 0 Å². The first kappa shape index (κ1) is 14.2. The Labute approximate surface area is 104 Å². The fourth-order valence-electron chi connectivity index (χ4n) is 2.19. The molecule has 17 heavy (non-hydrogen) atoms. The molecule has 1 N–H and O–H groups in total. The Morgan fingerprint density at radius 2 is 2.00 bits per heavy atom. The summed E-state index contributed by atoms with van der Waals surface area (Å²) in [5.41, 5.74) is 1.09. The molecule has 0 radical (unpaired) electrons. The van der Waals surface area contributed by atoms with Crippen molar-refractivity contribution >= 4 is 0 Å². The van der Waals surface area contributed by atoms with Gasteiger partial charge in [-0.1, -0.05) is 39.3 Å². The van der Waals surface area contributed by atoms with E-state index in [1.165, 1.54) is 6.07 Å². The Kier molecular flexibility index (Phi) is 6.20. The lowest BCUT2D eigenvalue weighted by Gasteiger charge is -2.25. The second-order valence-corrected chi connectivity index (χ2v) is 4.69. The molecule has 0 aliphatic rings. The third kappa shape index (κ3) is 4.47. The van der Waals surface area contributed by atoms with Crippen LogP contribution in [-0.2, 0) is 0 Å². The Morgan fingerprint density at radius 3 is 2.59 bits per heavy atom. The third-order valence-corrected chi connectivity index (χ3v) is 3.23. The maximum Gasteiger partial charge on any atom is 0.123 e. The van der Waals surface area contributed by atoms with E-state index in [2.05, 4.69) is 26.1 Å². The summed E-state index contributed by atoms with van der Waals surface area (Å²) in [5, 5.41) is 3.57. The zero-order valence-electron chi connectivity index (χ0n) is 11.2. The van der Waals surface area contributed by atoms with Gasteiger partial charge in [0.2, 0.25) is 0 Å². The van der Waals surface area contributed by atoms with Crippen LogP contribution in [0, 0.1) is 5.82 Å². The van der Waals surface area contributed by atoms with Crippen LogP contribution in [0.4, 0.5) is 4.39 Å². The van der Waals surface area contributed by atoms with Crippen LogP contribution in [-0.4, -0.2) is 12.6 Å². The smallest absolute Gasteiger partial charge is 0.123 e. The van der Waals surface area contributed by atoms with Crippen molar-refractivity contribution in [3.63, 3.8) is 0 Å². The highest BCUT2D eigenvalue weighted by Crippen LogP contribution is 2.22. The van der Waals surface area contributed by atoms with E-state index in [-0.39, 0.29) is 5.82 Å². The van der Waals surface area contributed by atoms with Gasteiger partial charge < -0.3 is 5.32 Å². The minimum atomic E-state index is -0.139. The largest absolute Gasteiger partial charge is 0.313 e. The predicted molar refractivity (Wildman–Crippen MR) is 71.8 cm³/mol. The topological polar surface area (TPSA) is 12.0 Å². The maximum atomic E-state index is 13.2. The molecular formula is C15H24FN. The summed E-state index contributed by atoms with van der Waals surface area (Å²) in [5.74, 6) is 0.220. The average molecular weight is 237 g/mol. The molecule has 0 aliphatic heterocycles. The Hall–Kier alpha value is -0.890. The Balaban J connectivity index is 2.72. The van der Waals surface area contributed by atoms with Gasteiger partial charge in [-0.2, -0.15) is 0 Å². The van der Waals surface area contributed by atoms with Gasteiger partial charge in [-0.3, -0.25) is 0 Å². The zero-order valence-corrected chi connectivity index (χ0v) is 11.2. The predicted octanol–water partition coefficient (Wildman–Crippen LogP) is 4.10. The monoisotopic (exact) mass is 237 g/mol. The summed E-state index contributed by atoms with van der Waals surface area (Å²) in [4.78, 5) is 0. The highest BCUT2D eigenvalue weighted by Gasteiger charge is 2.17. The molecule has 1 aromatic carbocycles. The molecule has 2 heteroatoms. The summed E-state index contributed by atoms with van der Waals surface area (Å²) < 4.78 is 13.2. The Bertz CT molecular complexity index is 324. The Morgan fingerprint density at radius 1 is 1.24 bits per heavy atom. The SMILES string of the molecule is CCCNC(CCC)C(C)c1cccc(F)c1. The molecule has 0 amide bonds. The van der Waals surface area contributed by atoms with Crippen molar-refractivity contribution in [2.24, 2.45) is 0 Å². The second-order valence-electron chi connectivity index (χ2n) is 4.69. The van der Waals surface area contributed by atoms with Crippen molar-refractivity contribution in [3.05, 3.63) is 35.6 Å². The van der Waals surface area contributed by atoms with E-state index in [9.17, 15) is 4.39 Å². The van der Waals surface area contributed by atoms with E-state index < -0.39 is 0 Å². The van der Waals surface area contributed by atoms with Crippen LogP contribution in [0.2, 0.25) is 0 Å². The minimum absolute atomic E-state index is 0.139. The highest BCUT2D eigenvalue weighted by molar-refractivity contribution is 5.21. The molecule has 2 atom stereocenters. The molecule has 0 aliphatic carbocycles. The number of hydrogen-bond acceptors (Lipinski definition) is 1. The van der Waals surface area contributed by atoms with E-state index in [1.807, 2.05) is 6.07 Å². The average Bonchev–Trinajstić information content (AvgIpc) is 2.33. The number of hydrogen-bond donors (Lipinski definition) is 1. The van der Waals surface area contributed by atoms with E-state index in [0.29, 0.717) is 12.0 Å². The van der Waals surface area contributed by atoms with Crippen LogP contribution in [0.3, 0.4) is 0 Å². The standard InChI is InChI=1S/C15H24FN/c1-4-7-15(17-10-5-2)12(3)13-8-6-9-14(16)11-13/h6,8-9,11-12,15,17H,4-5,7,10H2,1-3H3. The summed E-state index contributed by atoms with van der Waals surface area (Å²) in [6.07, 6.45) is 3.43. The van der Waals surface area contributed by atoms with Gasteiger partial charge in [0, 0.05) is 6.04 Å². The van der Waals surface area contributed by atoms with Crippen LogP contribution in [0.5, 0.6) is 0 Å². The van der Waals surface area contributed by atoms with E-state index in [0.717, 1.165) is 31.4 Å². The minimum Gasteiger partial charge on any atom is -0.313 e. The van der Waals surface area contributed by atoms with Gasteiger partial charge in [-0.15, -0.1) is 0 Å². The van der Waals surface area contributed by atoms with Crippen molar-refractivity contribution < 1.29 is 4.39 Å². The van der Waals surface area contributed by atoms with Gasteiger partial charge in [0.05, 0.1) is 0 Å². The fraction of sp³-hybridized carbons (Fsp3) is 0.600. The molecule has 0 fully saturated rings. The summed E-state index contributed by atoms with van der Waals surface area (Å²) in [6.45, 7) is 7.57. The van der Waals surface area contributed by atoms with Gasteiger partial charge in [0.25, 0.3) is 0 Å². The van der Waals surface area contributed by atoms with Gasteiger partial charge in [-0.05, 0) is 43.0 Å². The molecule has 0 bridgehead atoms. The van der Waals surface area contributed by atoms with E-state index >= 15 is 0 Å². The van der Waals surface area contributed by atoms with Crippen molar-refractivity contribution in [2.75, 3.05) is 6.54 Å². The molecule has 2 unspecified atom stereocenters. The molecule has 0 aromatic heterocycles. The molecule has 0 spiro atoms. The van der Waals surface area contributed by atoms with Crippen molar-refractivity contribution in [1.29, 1.82) is 0 Å². The highest BCUT2D eigenvalue weighted by atomic mass is 19.1. The lowest BCUT2D eigenvalue weighted by atomic mass is 9.90. The molecule has 0 heterocycles. The summed E-state index contributed by atoms with van der Waals surface area (Å²) in [6, 6.07) is 7.42. The van der Waals surface area contributed by atoms with E-state index in [1.54, 1.807) is 12.1 Å². The van der Waals surface area contributed by atoms with Crippen LogP contribution in [0.1, 0.15) is 51.5 Å². The first-order valence-electron chi connectivity index (χ1n) is 6.67. The van der Waals surface area contributed by atoms with Crippen LogP contribution in [0.15, 0.2) is 24.3 Å². The molecule has 1 aromatic rings. The van der Waals surface area contributed by atoms with Crippen LogP contribution < -0.4 is 5.32 Å². The van der Waals surface area contributed by atoms with Crippen LogP contribution >= 0.6 is 0 Å². The lowest BCUT2D eigenvalue weighted by molar-refractivity contribution is 0.419. The number of benzene rings is 1. The quantitative estimate of drug-likeness (QED) is 0.753. The molecule has 96 valence electrons. The molecule has 0 saturated heterocycles. The molecule has 0 saturated carbocycles. The maximum absolute atomic E-state index is 13.2. The number of halogens is 1. The van der Waals surface area contributed by atoms with Gasteiger partial charge >= 0.3 is 0 Å². The van der Waals surface area contributed by atoms with Crippen molar-refractivity contribution in [2.45, 2.75) is 52.0 Å². The first-order chi connectivity index (χ1) is 8.19. The third-order valence-electron chi connectivity index (χ3n) is 3.23. The summed E-state index contributed by atoms with van der Waals surface area (Å²) in [7, 11) is 0. The molecule has 1 rings (SSSR count). The van der Waals surface area contributed by atoms with Crippen molar-refractivity contribution in [1.82, 2.24) is 5.32 Å². The fourth-order valence-corrected chi connectivity index (χ4v) is 2.19. The van der Waals surface area contributed by atoms with Gasteiger partial charge in [0.15, 0.2) is 0 Å². The molecular weight excluding hydrogens is 213 g/mol.